The molecule has 0 fully saturated rings. The maximum atomic E-state index is 12.2. The van der Waals surface area contributed by atoms with Gasteiger partial charge in [0.1, 0.15) is 0 Å². The van der Waals surface area contributed by atoms with E-state index in [0.717, 1.165) is 16.8 Å². The van der Waals surface area contributed by atoms with Crippen LogP contribution in [0, 0.1) is 13.8 Å². The van der Waals surface area contributed by atoms with Gasteiger partial charge in [-0.05, 0) is 31.0 Å². The first-order valence-electron chi connectivity index (χ1n) is 7.01. The molecule has 3 rings (SSSR count). The minimum absolute atomic E-state index is 0.269. The number of hydrogen-bond acceptors (Lipinski definition) is 4. The van der Waals surface area contributed by atoms with Gasteiger partial charge in [0.05, 0.1) is 0 Å². The van der Waals surface area contributed by atoms with Crippen molar-refractivity contribution in [1.29, 1.82) is 0 Å². The largest absolute Gasteiger partial charge is 0.324 e. The Balaban J connectivity index is 1.93. The number of rotatable bonds is 3. The summed E-state index contributed by atoms with van der Waals surface area (Å²) in [6.07, 6.45) is 0. The molecule has 0 aliphatic heterocycles. The van der Waals surface area contributed by atoms with Gasteiger partial charge in [-0.2, -0.15) is 0 Å². The van der Waals surface area contributed by atoms with E-state index in [1.165, 1.54) is 5.56 Å². The van der Waals surface area contributed by atoms with Gasteiger partial charge in [-0.1, -0.05) is 42.5 Å². The molecule has 0 radical (unpaired) electrons. The van der Waals surface area contributed by atoms with Gasteiger partial charge in [-0.3, -0.25) is 9.78 Å². The lowest BCUT2D eigenvalue weighted by Gasteiger charge is -2.10. The molecule has 2 N–H and O–H groups in total. The van der Waals surface area contributed by atoms with Crippen molar-refractivity contribution in [1.82, 2.24) is 15.2 Å². The average molecular weight is 292 g/mol. The highest BCUT2D eigenvalue weighted by Gasteiger charge is 2.08. The molecule has 0 atom stereocenters. The summed E-state index contributed by atoms with van der Waals surface area (Å²) in [5.74, 6) is 0.332. The van der Waals surface area contributed by atoms with Gasteiger partial charge in [0.25, 0.3) is 5.56 Å². The Morgan fingerprint density at radius 2 is 1.73 bits per heavy atom. The molecule has 0 bridgehead atoms. The fourth-order valence-electron chi connectivity index (χ4n) is 2.19. The second-order valence-electron chi connectivity index (χ2n) is 5.09. The first-order chi connectivity index (χ1) is 10.6. The highest BCUT2D eigenvalue weighted by molar-refractivity contribution is 5.61. The van der Waals surface area contributed by atoms with Gasteiger partial charge in [-0.15, -0.1) is 10.2 Å². The zero-order valence-electron chi connectivity index (χ0n) is 12.4. The highest BCUT2D eigenvalue weighted by Crippen LogP contribution is 2.20. The van der Waals surface area contributed by atoms with Crippen LogP contribution in [0.3, 0.4) is 0 Å². The van der Waals surface area contributed by atoms with E-state index >= 15 is 0 Å². The third kappa shape index (κ3) is 2.74. The van der Waals surface area contributed by atoms with Gasteiger partial charge in [0, 0.05) is 11.3 Å². The maximum absolute atomic E-state index is 12.2. The molecular formula is C17H16N4O. The monoisotopic (exact) mass is 292 g/mol. The zero-order valence-corrected chi connectivity index (χ0v) is 12.4. The molecule has 0 spiro atoms. The van der Waals surface area contributed by atoms with Crippen LogP contribution in [0.1, 0.15) is 11.1 Å². The predicted molar refractivity (Wildman–Crippen MR) is 87.3 cm³/mol. The molecule has 22 heavy (non-hydrogen) atoms. The van der Waals surface area contributed by atoms with Crippen LogP contribution >= 0.6 is 0 Å². The van der Waals surface area contributed by atoms with Gasteiger partial charge in [0.15, 0.2) is 5.69 Å². The summed E-state index contributed by atoms with van der Waals surface area (Å²) in [5.41, 5.74) is 3.96. The Labute approximate surface area is 128 Å². The Hall–Kier alpha value is -2.95. The van der Waals surface area contributed by atoms with Crippen LogP contribution in [0.15, 0.2) is 53.3 Å². The third-order valence-corrected chi connectivity index (χ3v) is 3.60. The molecule has 0 aliphatic rings. The summed E-state index contributed by atoms with van der Waals surface area (Å²) in [6, 6.07) is 15.2. The topological polar surface area (TPSA) is 70.7 Å². The fraction of sp³-hybridized carbons (Fsp3) is 0.118. The number of nitrogens with one attached hydrogen (secondary N) is 2. The van der Waals surface area contributed by atoms with Gasteiger partial charge in [-0.25, -0.2) is 0 Å². The minimum Gasteiger partial charge on any atom is -0.324 e. The molecule has 0 saturated carbocycles. The fourth-order valence-corrected chi connectivity index (χ4v) is 2.19. The number of aromatic nitrogens is 3. The molecule has 2 aromatic carbocycles. The third-order valence-electron chi connectivity index (χ3n) is 3.60. The van der Waals surface area contributed by atoms with Gasteiger partial charge < -0.3 is 5.32 Å². The molecule has 0 saturated heterocycles. The molecule has 5 nitrogen and oxygen atoms in total. The Morgan fingerprint density at radius 1 is 0.955 bits per heavy atom. The van der Waals surface area contributed by atoms with E-state index in [9.17, 15) is 4.79 Å². The van der Waals surface area contributed by atoms with Crippen LogP contribution in [0.5, 0.6) is 0 Å². The van der Waals surface area contributed by atoms with E-state index in [1.807, 2.05) is 62.4 Å². The van der Waals surface area contributed by atoms with E-state index in [-0.39, 0.29) is 5.56 Å². The SMILES string of the molecule is Cc1cccc(Nc2nnc(-c3ccccc3)c(=O)[nH]2)c1C. The molecular weight excluding hydrogens is 276 g/mol. The summed E-state index contributed by atoms with van der Waals surface area (Å²) in [5, 5.41) is 11.2. The van der Waals surface area contributed by atoms with Crippen LogP contribution in [0.2, 0.25) is 0 Å². The number of benzene rings is 2. The number of hydrogen-bond donors (Lipinski definition) is 2. The average Bonchev–Trinajstić information content (AvgIpc) is 2.53. The molecule has 0 amide bonds. The minimum atomic E-state index is -0.269. The van der Waals surface area contributed by atoms with E-state index < -0.39 is 0 Å². The number of aryl methyl sites for hydroxylation is 1. The summed E-state index contributed by atoms with van der Waals surface area (Å²) in [6.45, 7) is 4.05. The van der Waals surface area contributed by atoms with Crippen molar-refractivity contribution in [2.24, 2.45) is 0 Å². The zero-order chi connectivity index (χ0) is 15.5. The van der Waals surface area contributed by atoms with Crippen LogP contribution in [0.25, 0.3) is 11.3 Å². The summed E-state index contributed by atoms with van der Waals surface area (Å²) in [4.78, 5) is 14.9. The van der Waals surface area contributed by atoms with Crippen molar-refractivity contribution in [3.05, 3.63) is 70.0 Å². The van der Waals surface area contributed by atoms with E-state index in [1.54, 1.807) is 0 Å². The molecule has 3 aromatic rings. The van der Waals surface area contributed by atoms with Crippen molar-refractivity contribution >= 4 is 11.6 Å². The summed E-state index contributed by atoms with van der Waals surface area (Å²) >= 11 is 0. The predicted octanol–water partition coefficient (Wildman–Crippen LogP) is 3.19. The van der Waals surface area contributed by atoms with Crippen LogP contribution in [0.4, 0.5) is 11.6 Å². The Kier molecular flexibility index (Phi) is 3.70. The highest BCUT2D eigenvalue weighted by atomic mass is 16.1. The number of aromatic amines is 1. The molecule has 5 heteroatoms. The molecule has 1 aromatic heterocycles. The van der Waals surface area contributed by atoms with Crippen LogP contribution in [-0.2, 0) is 0 Å². The van der Waals surface area contributed by atoms with Crippen molar-refractivity contribution in [3.8, 4) is 11.3 Å². The first-order valence-corrected chi connectivity index (χ1v) is 7.01. The van der Waals surface area contributed by atoms with Crippen LogP contribution < -0.4 is 10.9 Å². The molecule has 0 aliphatic carbocycles. The lowest BCUT2D eigenvalue weighted by molar-refractivity contribution is 0.961. The van der Waals surface area contributed by atoms with Crippen LogP contribution in [-0.4, -0.2) is 15.2 Å². The smallest absolute Gasteiger partial charge is 0.279 e. The number of H-pyrrole nitrogens is 1. The summed E-state index contributed by atoms with van der Waals surface area (Å²) < 4.78 is 0. The molecule has 110 valence electrons. The van der Waals surface area contributed by atoms with E-state index in [4.69, 9.17) is 0 Å². The second-order valence-corrected chi connectivity index (χ2v) is 5.09. The molecule has 1 heterocycles. The molecule has 0 unspecified atom stereocenters. The normalized spacial score (nSPS) is 10.5. The lowest BCUT2D eigenvalue weighted by atomic mass is 10.1. The Bertz CT molecular complexity index is 856. The standard InChI is InChI=1S/C17H16N4O/c1-11-7-6-10-14(12(11)2)18-17-19-16(22)15(20-21-17)13-8-4-3-5-9-13/h3-10H,1-2H3,(H2,18,19,21,22). The van der Waals surface area contributed by atoms with E-state index in [0.29, 0.717) is 11.6 Å². The lowest BCUT2D eigenvalue weighted by Crippen LogP contribution is -2.15. The van der Waals surface area contributed by atoms with Gasteiger partial charge in [0.2, 0.25) is 5.95 Å². The number of anilines is 2. The Morgan fingerprint density at radius 3 is 2.45 bits per heavy atom. The quantitative estimate of drug-likeness (QED) is 0.777. The van der Waals surface area contributed by atoms with Gasteiger partial charge >= 0.3 is 0 Å². The maximum Gasteiger partial charge on any atom is 0.279 e. The van der Waals surface area contributed by atoms with Crippen molar-refractivity contribution in [2.45, 2.75) is 13.8 Å². The number of nitrogens with zero attached hydrogens (tertiary/aromatic N) is 2. The first kappa shape index (κ1) is 14.0. The second kappa shape index (κ2) is 5.81. The van der Waals surface area contributed by atoms with Crippen molar-refractivity contribution < 1.29 is 0 Å². The van der Waals surface area contributed by atoms with Crippen molar-refractivity contribution in [2.75, 3.05) is 5.32 Å². The van der Waals surface area contributed by atoms with Crippen molar-refractivity contribution in [3.63, 3.8) is 0 Å². The van der Waals surface area contributed by atoms with E-state index in [2.05, 4.69) is 20.5 Å². The summed E-state index contributed by atoms with van der Waals surface area (Å²) in [7, 11) is 0.